The predicted molar refractivity (Wildman–Crippen MR) is 95.2 cm³/mol. The van der Waals surface area contributed by atoms with E-state index in [-0.39, 0.29) is 17.6 Å². The molecule has 1 saturated heterocycles. The average Bonchev–Trinajstić information content (AvgIpc) is 3.29. The molecule has 0 N–H and O–H groups in total. The van der Waals surface area contributed by atoms with Crippen LogP contribution in [0.4, 0.5) is 10.1 Å². The second kappa shape index (κ2) is 6.71. The van der Waals surface area contributed by atoms with Gasteiger partial charge in [0.2, 0.25) is 17.6 Å². The second-order valence-electron chi connectivity index (χ2n) is 6.39. The Kier molecular flexibility index (Phi) is 4.24. The summed E-state index contributed by atoms with van der Waals surface area (Å²) in [5.41, 5.74) is 2.81. The van der Waals surface area contributed by atoms with E-state index < -0.39 is 0 Å². The van der Waals surface area contributed by atoms with Crippen LogP contribution in [0.1, 0.15) is 30.7 Å². The van der Waals surface area contributed by atoms with E-state index in [1.54, 1.807) is 17.0 Å². The quantitative estimate of drug-likeness (QED) is 0.714. The number of amides is 1. The number of carbonyl (C=O) groups is 1. The van der Waals surface area contributed by atoms with Crippen molar-refractivity contribution in [3.8, 4) is 11.4 Å². The lowest BCUT2D eigenvalue weighted by atomic mass is 10.1. The maximum absolute atomic E-state index is 13.1. The molecule has 0 spiro atoms. The average molecular weight is 351 g/mol. The van der Waals surface area contributed by atoms with Crippen molar-refractivity contribution in [2.24, 2.45) is 0 Å². The Morgan fingerprint density at radius 2 is 1.88 bits per heavy atom. The fourth-order valence-corrected chi connectivity index (χ4v) is 3.15. The fourth-order valence-electron chi connectivity index (χ4n) is 3.15. The molecule has 4 rings (SSSR count). The van der Waals surface area contributed by atoms with Gasteiger partial charge >= 0.3 is 0 Å². The highest BCUT2D eigenvalue weighted by Gasteiger charge is 2.35. The van der Waals surface area contributed by atoms with Gasteiger partial charge in [0, 0.05) is 24.2 Å². The van der Waals surface area contributed by atoms with Crippen molar-refractivity contribution in [3.63, 3.8) is 0 Å². The van der Waals surface area contributed by atoms with E-state index in [4.69, 9.17) is 4.52 Å². The van der Waals surface area contributed by atoms with Crippen molar-refractivity contribution >= 4 is 11.6 Å². The summed E-state index contributed by atoms with van der Waals surface area (Å²) in [7, 11) is 0. The number of hydrogen-bond donors (Lipinski definition) is 0. The normalized spacial score (nSPS) is 17.1. The SMILES string of the molecule is CCc1ccc(-c2noc(C3CC(=O)N(c4ccc(F)cc4)C3)n2)cc1. The Morgan fingerprint density at radius 3 is 2.58 bits per heavy atom. The first-order valence-corrected chi connectivity index (χ1v) is 8.63. The van der Waals surface area contributed by atoms with E-state index in [1.807, 2.05) is 24.3 Å². The van der Waals surface area contributed by atoms with Crippen LogP contribution in [0.15, 0.2) is 53.1 Å². The van der Waals surface area contributed by atoms with Crippen LogP contribution in [-0.2, 0) is 11.2 Å². The van der Waals surface area contributed by atoms with Gasteiger partial charge in [0.05, 0.1) is 5.92 Å². The molecular weight excluding hydrogens is 333 g/mol. The first-order valence-electron chi connectivity index (χ1n) is 8.63. The summed E-state index contributed by atoms with van der Waals surface area (Å²) in [6.45, 7) is 2.55. The Hall–Kier alpha value is -3.02. The van der Waals surface area contributed by atoms with Crippen LogP contribution in [0.5, 0.6) is 0 Å². The Labute approximate surface area is 150 Å². The van der Waals surface area contributed by atoms with E-state index in [0.29, 0.717) is 30.4 Å². The fraction of sp³-hybridized carbons (Fsp3) is 0.250. The molecule has 1 atom stereocenters. The van der Waals surface area contributed by atoms with Crippen LogP contribution in [0.2, 0.25) is 0 Å². The van der Waals surface area contributed by atoms with Crippen molar-refractivity contribution in [1.29, 1.82) is 0 Å². The topological polar surface area (TPSA) is 59.2 Å². The van der Waals surface area contributed by atoms with Crippen LogP contribution in [0.3, 0.4) is 0 Å². The van der Waals surface area contributed by atoms with Crippen LogP contribution < -0.4 is 4.90 Å². The molecule has 26 heavy (non-hydrogen) atoms. The van der Waals surface area contributed by atoms with Gasteiger partial charge < -0.3 is 9.42 Å². The smallest absolute Gasteiger partial charge is 0.232 e. The molecule has 1 aliphatic rings. The third kappa shape index (κ3) is 3.10. The number of hydrogen-bond acceptors (Lipinski definition) is 4. The largest absolute Gasteiger partial charge is 0.339 e. The molecule has 1 unspecified atom stereocenters. The molecule has 0 saturated carbocycles. The molecule has 1 aliphatic heterocycles. The second-order valence-corrected chi connectivity index (χ2v) is 6.39. The van der Waals surface area contributed by atoms with E-state index in [0.717, 1.165) is 12.0 Å². The lowest BCUT2D eigenvalue weighted by Crippen LogP contribution is -2.24. The molecule has 0 bridgehead atoms. The molecule has 6 heteroatoms. The van der Waals surface area contributed by atoms with Gasteiger partial charge in [0.15, 0.2) is 0 Å². The van der Waals surface area contributed by atoms with Gasteiger partial charge in [-0.15, -0.1) is 0 Å². The number of halogens is 1. The summed E-state index contributed by atoms with van der Waals surface area (Å²) in [6.07, 6.45) is 1.27. The van der Waals surface area contributed by atoms with E-state index >= 15 is 0 Å². The van der Waals surface area contributed by atoms with Crippen molar-refractivity contribution in [3.05, 3.63) is 65.8 Å². The van der Waals surface area contributed by atoms with Gasteiger partial charge in [0.1, 0.15) is 5.82 Å². The summed E-state index contributed by atoms with van der Waals surface area (Å²) in [5.74, 6) is 0.456. The first kappa shape index (κ1) is 16.4. The number of aryl methyl sites for hydroxylation is 1. The standard InChI is InChI=1S/C20H18FN3O2/c1-2-13-3-5-14(6-4-13)19-22-20(26-23-19)15-11-18(25)24(12-15)17-9-7-16(21)8-10-17/h3-10,15H,2,11-12H2,1H3. The van der Waals surface area contributed by atoms with Gasteiger partial charge in [-0.3, -0.25) is 4.79 Å². The van der Waals surface area contributed by atoms with Crippen LogP contribution in [0, 0.1) is 5.82 Å². The van der Waals surface area contributed by atoms with Gasteiger partial charge in [-0.25, -0.2) is 4.39 Å². The lowest BCUT2D eigenvalue weighted by molar-refractivity contribution is -0.117. The third-order valence-electron chi connectivity index (χ3n) is 4.67. The van der Waals surface area contributed by atoms with Crippen molar-refractivity contribution in [2.45, 2.75) is 25.7 Å². The minimum atomic E-state index is -0.326. The summed E-state index contributed by atoms with van der Waals surface area (Å²) >= 11 is 0. The van der Waals surface area contributed by atoms with Crippen molar-refractivity contribution < 1.29 is 13.7 Å². The Balaban J connectivity index is 1.52. The summed E-state index contributed by atoms with van der Waals surface area (Å²) in [6, 6.07) is 13.9. The van der Waals surface area contributed by atoms with Crippen molar-refractivity contribution in [2.75, 3.05) is 11.4 Å². The van der Waals surface area contributed by atoms with Crippen LogP contribution >= 0.6 is 0 Å². The van der Waals surface area contributed by atoms with Crippen LogP contribution in [-0.4, -0.2) is 22.6 Å². The highest BCUT2D eigenvalue weighted by atomic mass is 19.1. The molecular formula is C20H18FN3O2. The highest BCUT2D eigenvalue weighted by molar-refractivity contribution is 5.96. The van der Waals surface area contributed by atoms with Crippen LogP contribution in [0.25, 0.3) is 11.4 Å². The number of nitrogens with zero attached hydrogens (tertiary/aromatic N) is 3. The maximum atomic E-state index is 13.1. The third-order valence-corrected chi connectivity index (χ3v) is 4.67. The predicted octanol–water partition coefficient (Wildman–Crippen LogP) is 3.96. The summed E-state index contributed by atoms with van der Waals surface area (Å²) in [5, 5.41) is 4.06. The number of anilines is 1. The van der Waals surface area contributed by atoms with E-state index in [9.17, 15) is 9.18 Å². The Bertz CT molecular complexity index is 919. The number of rotatable bonds is 4. The molecule has 1 amide bonds. The molecule has 3 aromatic rings. The molecule has 5 nitrogen and oxygen atoms in total. The van der Waals surface area contributed by atoms with E-state index in [2.05, 4.69) is 17.1 Å². The molecule has 132 valence electrons. The van der Waals surface area contributed by atoms with Gasteiger partial charge in [-0.1, -0.05) is 36.3 Å². The summed E-state index contributed by atoms with van der Waals surface area (Å²) < 4.78 is 18.5. The monoisotopic (exact) mass is 351 g/mol. The van der Waals surface area contributed by atoms with Crippen molar-refractivity contribution in [1.82, 2.24) is 10.1 Å². The first-order chi connectivity index (χ1) is 12.6. The van der Waals surface area contributed by atoms with Gasteiger partial charge in [-0.2, -0.15) is 4.98 Å². The molecule has 1 aromatic heterocycles. The molecule has 2 aromatic carbocycles. The van der Waals surface area contributed by atoms with Gasteiger partial charge in [0.25, 0.3) is 0 Å². The summed E-state index contributed by atoms with van der Waals surface area (Å²) in [4.78, 5) is 18.4. The molecule has 0 radical (unpaired) electrons. The number of benzene rings is 2. The zero-order valence-electron chi connectivity index (χ0n) is 14.4. The zero-order valence-corrected chi connectivity index (χ0v) is 14.4. The zero-order chi connectivity index (χ0) is 18.1. The minimum Gasteiger partial charge on any atom is -0.339 e. The molecule has 2 heterocycles. The molecule has 1 fully saturated rings. The maximum Gasteiger partial charge on any atom is 0.232 e. The Morgan fingerprint density at radius 1 is 1.15 bits per heavy atom. The minimum absolute atomic E-state index is 0.0337. The molecule has 0 aliphatic carbocycles. The highest BCUT2D eigenvalue weighted by Crippen LogP contribution is 2.32. The number of aromatic nitrogens is 2. The lowest BCUT2D eigenvalue weighted by Gasteiger charge is -2.15. The van der Waals surface area contributed by atoms with Gasteiger partial charge in [-0.05, 0) is 36.2 Å². The van der Waals surface area contributed by atoms with E-state index in [1.165, 1.54) is 17.7 Å². The number of carbonyl (C=O) groups excluding carboxylic acids is 1.